The van der Waals surface area contributed by atoms with Gasteiger partial charge in [-0.15, -0.1) is 12.6 Å². The van der Waals surface area contributed by atoms with Gasteiger partial charge >= 0.3 is 0 Å². The van der Waals surface area contributed by atoms with E-state index in [1.54, 1.807) is 0 Å². The van der Waals surface area contributed by atoms with Crippen molar-refractivity contribution in [3.8, 4) is 0 Å². The van der Waals surface area contributed by atoms with Crippen molar-refractivity contribution in [2.45, 2.75) is 11.8 Å². The van der Waals surface area contributed by atoms with Crippen molar-refractivity contribution < 1.29 is 0 Å². The predicted molar refractivity (Wildman–Crippen MR) is 87.4 cm³/mol. The molecule has 1 nitrogen and oxygen atoms in total. The van der Waals surface area contributed by atoms with Crippen molar-refractivity contribution >= 4 is 30.0 Å². The number of anilines is 1. The summed E-state index contributed by atoms with van der Waals surface area (Å²) < 4.78 is 0. The molecule has 0 radical (unpaired) electrons. The molecule has 0 atom stereocenters. The Morgan fingerprint density at radius 1 is 1.21 bits per heavy atom. The number of hydrogen-bond acceptors (Lipinski definition) is 2. The zero-order valence-electron chi connectivity index (χ0n) is 10.9. The van der Waals surface area contributed by atoms with Crippen LogP contribution in [0.25, 0.3) is 11.6 Å². The fraction of sp³-hybridized carbons (Fsp3) is 0.0588. The maximum Gasteiger partial charge on any atom is 0.0320 e. The van der Waals surface area contributed by atoms with Crippen LogP contribution in [0.2, 0.25) is 0 Å². The predicted octanol–water partition coefficient (Wildman–Crippen LogP) is 4.59. The summed E-state index contributed by atoms with van der Waals surface area (Å²) in [7, 11) is 0. The molecule has 0 aliphatic heterocycles. The van der Waals surface area contributed by atoms with Crippen LogP contribution in [0.5, 0.6) is 0 Å². The van der Waals surface area contributed by atoms with Gasteiger partial charge in [0.15, 0.2) is 0 Å². The fourth-order valence-electron chi connectivity index (χ4n) is 1.76. The molecule has 0 fully saturated rings. The van der Waals surface area contributed by atoms with Crippen molar-refractivity contribution in [1.82, 2.24) is 0 Å². The first-order chi connectivity index (χ1) is 9.06. The van der Waals surface area contributed by atoms with E-state index in [2.05, 4.69) is 31.3 Å². The highest BCUT2D eigenvalue weighted by molar-refractivity contribution is 7.80. The number of nitrogens with two attached hydrogens (primary N) is 1. The molecule has 2 aromatic rings. The molecule has 0 amide bonds. The maximum atomic E-state index is 5.76. The van der Waals surface area contributed by atoms with E-state index in [9.17, 15) is 0 Å². The minimum atomic E-state index is 0.750. The van der Waals surface area contributed by atoms with Crippen molar-refractivity contribution in [3.05, 3.63) is 71.8 Å². The molecule has 0 unspecified atom stereocenters. The largest absolute Gasteiger partial charge is 0.399 e. The molecular weight excluding hydrogens is 250 g/mol. The third kappa shape index (κ3) is 3.52. The van der Waals surface area contributed by atoms with Crippen LogP contribution in [0.3, 0.4) is 0 Å². The smallest absolute Gasteiger partial charge is 0.0320 e. The highest BCUT2D eigenvalue weighted by Crippen LogP contribution is 2.20. The Kier molecular flexibility index (Phi) is 4.13. The van der Waals surface area contributed by atoms with Crippen molar-refractivity contribution in [1.29, 1.82) is 0 Å². The summed E-state index contributed by atoms with van der Waals surface area (Å²) in [5.74, 6) is 0. The molecule has 96 valence electrons. The first kappa shape index (κ1) is 13.5. The van der Waals surface area contributed by atoms with Crippen LogP contribution in [0.1, 0.15) is 16.7 Å². The zero-order valence-corrected chi connectivity index (χ0v) is 11.8. The molecule has 0 saturated heterocycles. The van der Waals surface area contributed by atoms with Gasteiger partial charge in [0, 0.05) is 10.6 Å². The molecule has 0 heterocycles. The lowest BCUT2D eigenvalue weighted by Crippen LogP contribution is -1.86. The van der Waals surface area contributed by atoms with E-state index in [1.807, 2.05) is 49.4 Å². The maximum absolute atomic E-state index is 5.76. The Morgan fingerprint density at radius 3 is 2.68 bits per heavy atom. The average molecular weight is 267 g/mol. The molecule has 2 aromatic carbocycles. The zero-order chi connectivity index (χ0) is 13.8. The van der Waals surface area contributed by atoms with Gasteiger partial charge in [0.25, 0.3) is 0 Å². The lowest BCUT2D eigenvalue weighted by atomic mass is 10.0. The second-order valence-corrected chi connectivity index (χ2v) is 5.01. The second-order valence-electron chi connectivity index (χ2n) is 4.53. The molecular formula is C17H17NS. The Bertz CT molecular complexity index is 641. The van der Waals surface area contributed by atoms with E-state index in [4.69, 9.17) is 5.73 Å². The molecule has 0 saturated carbocycles. The molecule has 0 aromatic heterocycles. The first-order valence-corrected chi connectivity index (χ1v) is 6.53. The van der Waals surface area contributed by atoms with Gasteiger partial charge in [0.2, 0.25) is 0 Å². The highest BCUT2D eigenvalue weighted by atomic mass is 32.1. The van der Waals surface area contributed by atoms with Crippen LogP contribution in [-0.4, -0.2) is 0 Å². The summed E-state index contributed by atoms with van der Waals surface area (Å²) in [4.78, 5) is 0.997. The Hall–Kier alpha value is -1.93. The molecule has 2 rings (SSSR count). The molecule has 19 heavy (non-hydrogen) atoms. The van der Waals surface area contributed by atoms with Gasteiger partial charge in [-0.25, -0.2) is 0 Å². The van der Waals surface area contributed by atoms with Gasteiger partial charge in [-0.1, -0.05) is 43.0 Å². The molecule has 0 bridgehead atoms. The van der Waals surface area contributed by atoms with Gasteiger partial charge < -0.3 is 5.73 Å². The second kappa shape index (κ2) is 5.81. The van der Waals surface area contributed by atoms with Crippen LogP contribution in [0.15, 0.2) is 60.0 Å². The van der Waals surface area contributed by atoms with Gasteiger partial charge in [0.05, 0.1) is 0 Å². The summed E-state index contributed by atoms with van der Waals surface area (Å²) in [6.45, 7) is 6.10. The van der Waals surface area contributed by atoms with Crippen LogP contribution < -0.4 is 5.73 Å². The van der Waals surface area contributed by atoms with Gasteiger partial charge in [0.1, 0.15) is 0 Å². The molecule has 2 N–H and O–H groups in total. The van der Waals surface area contributed by atoms with E-state index in [0.717, 1.165) is 27.3 Å². The van der Waals surface area contributed by atoms with Crippen LogP contribution in [0, 0.1) is 6.92 Å². The van der Waals surface area contributed by atoms with E-state index in [-0.39, 0.29) is 0 Å². The van der Waals surface area contributed by atoms with Crippen LogP contribution in [0.4, 0.5) is 5.69 Å². The number of allylic oxidation sites excluding steroid dienone is 2. The summed E-state index contributed by atoms with van der Waals surface area (Å²) in [5, 5.41) is 0. The Morgan fingerprint density at radius 2 is 2.00 bits per heavy atom. The average Bonchev–Trinajstić information content (AvgIpc) is 2.40. The Labute approximate surface area is 119 Å². The minimum absolute atomic E-state index is 0.750. The number of rotatable bonds is 3. The normalized spacial score (nSPS) is 10.8. The monoisotopic (exact) mass is 267 g/mol. The van der Waals surface area contributed by atoms with Crippen LogP contribution in [-0.2, 0) is 0 Å². The van der Waals surface area contributed by atoms with Crippen LogP contribution >= 0.6 is 12.6 Å². The fourth-order valence-corrected chi connectivity index (χ4v) is 1.99. The van der Waals surface area contributed by atoms with Gasteiger partial charge in [-0.2, -0.15) is 0 Å². The number of benzene rings is 2. The molecule has 0 aliphatic rings. The van der Waals surface area contributed by atoms with Gasteiger partial charge in [-0.05, 0) is 47.4 Å². The van der Waals surface area contributed by atoms with E-state index in [0.29, 0.717) is 0 Å². The third-order valence-corrected chi connectivity index (χ3v) is 3.45. The highest BCUT2D eigenvalue weighted by Gasteiger charge is 1.97. The van der Waals surface area contributed by atoms with Crippen molar-refractivity contribution in [2.24, 2.45) is 0 Å². The summed E-state index contributed by atoms with van der Waals surface area (Å²) in [6.07, 6.45) is 4.03. The van der Waals surface area contributed by atoms with E-state index in [1.165, 1.54) is 5.56 Å². The molecule has 0 spiro atoms. The lowest BCUT2D eigenvalue weighted by molar-refractivity contribution is 1.30. The van der Waals surface area contributed by atoms with E-state index >= 15 is 0 Å². The third-order valence-electron chi connectivity index (χ3n) is 2.97. The standard InChI is InChI=1S/C17H17NS/c1-12(15-4-3-5-16(18)11-15)6-8-14-9-7-13(2)17(19)10-14/h3-11,19H,1,18H2,2H3/b8-6+. The number of nitrogen functional groups attached to an aromatic ring is 1. The number of hydrogen-bond donors (Lipinski definition) is 2. The molecule has 2 heteroatoms. The van der Waals surface area contributed by atoms with E-state index < -0.39 is 0 Å². The summed E-state index contributed by atoms with van der Waals surface area (Å²) >= 11 is 4.42. The van der Waals surface area contributed by atoms with Crippen molar-refractivity contribution in [2.75, 3.05) is 5.73 Å². The number of aryl methyl sites for hydroxylation is 1. The topological polar surface area (TPSA) is 26.0 Å². The quantitative estimate of drug-likeness (QED) is 0.475. The SMILES string of the molecule is C=C(/C=C/c1ccc(C)c(S)c1)c1cccc(N)c1. The molecule has 0 aliphatic carbocycles. The summed E-state index contributed by atoms with van der Waals surface area (Å²) in [6, 6.07) is 13.9. The Balaban J connectivity index is 2.18. The first-order valence-electron chi connectivity index (χ1n) is 6.09. The minimum Gasteiger partial charge on any atom is -0.399 e. The van der Waals surface area contributed by atoms with Gasteiger partial charge in [-0.3, -0.25) is 0 Å². The number of thiol groups is 1. The lowest BCUT2D eigenvalue weighted by Gasteiger charge is -2.03. The summed E-state index contributed by atoms with van der Waals surface area (Å²) in [5.41, 5.74) is 10.8. The van der Waals surface area contributed by atoms with Crippen molar-refractivity contribution in [3.63, 3.8) is 0 Å².